The number of amides is 1. The van der Waals surface area contributed by atoms with Gasteiger partial charge in [-0.1, -0.05) is 49.6 Å². The molecule has 0 radical (unpaired) electrons. The Morgan fingerprint density at radius 1 is 1.07 bits per heavy atom. The first kappa shape index (κ1) is 19.1. The third-order valence-electron chi connectivity index (χ3n) is 6.34. The van der Waals surface area contributed by atoms with Crippen molar-refractivity contribution < 1.29 is 9.53 Å². The van der Waals surface area contributed by atoms with Crippen LogP contribution in [-0.2, 0) is 16.0 Å². The molecule has 1 amide bonds. The van der Waals surface area contributed by atoms with Gasteiger partial charge in [0.15, 0.2) is 0 Å². The summed E-state index contributed by atoms with van der Waals surface area (Å²) in [5, 5.41) is 3.39. The molecule has 4 rings (SSSR count). The number of pyridine rings is 1. The minimum Gasteiger partial charge on any atom is -0.381 e. The maximum atomic E-state index is 13.4. The van der Waals surface area contributed by atoms with E-state index in [1.165, 1.54) is 24.8 Å². The van der Waals surface area contributed by atoms with Gasteiger partial charge in [0.05, 0.1) is 5.41 Å². The maximum absolute atomic E-state index is 13.4. The SMILES string of the molecule is O=C(NC1CCCCC1)C1(Cc2cccc(-c3cccnc3)c2)CCOCC1. The highest BCUT2D eigenvalue weighted by molar-refractivity contribution is 5.83. The van der Waals surface area contributed by atoms with Gasteiger partial charge in [-0.25, -0.2) is 0 Å². The van der Waals surface area contributed by atoms with Crippen LogP contribution in [0.3, 0.4) is 0 Å². The Kier molecular flexibility index (Phi) is 6.06. The molecule has 0 unspecified atom stereocenters. The predicted molar refractivity (Wildman–Crippen MR) is 111 cm³/mol. The Bertz CT molecular complexity index is 778. The molecular formula is C24H30N2O2. The number of aromatic nitrogens is 1. The monoisotopic (exact) mass is 378 g/mol. The van der Waals surface area contributed by atoms with E-state index >= 15 is 0 Å². The smallest absolute Gasteiger partial charge is 0.226 e. The summed E-state index contributed by atoms with van der Waals surface area (Å²) in [5.74, 6) is 0.231. The van der Waals surface area contributed by atoms with Crippen LogP contribution in [0.1, 0.15) is 50.5 Å². The van der Waals surface area contributed by atoms with E-state index in [2.05, 4.69) is 40.6 Å². The van der Waals surface area contributed by atoms with Crippen LogP contribution in [0.2, 0.25) is 0 Å². The zero-order valence-electron chi connectivity index (χ0n) is 16.5. The van der Waals surface area contributed by atoms with Gasteiger partial charge in [-0.2, -0.15) is 0 Å². The second kappa shape index (κ2) is 8.87. The molecule has 1 saturated carbocycles. The summed E-state index contributed by atoms with van der Waals surface area (Å²) in [6.07, 6.45) is 12.0. The van der Waals surface area contributed by atoms with E-state index < -0.39 is 0 Å². The first-order valence-corrected chi connectivity index (χ1v) is 10.6. The van der Waals surface area contributed by atoms with E-state index in [9.17, 15) is 4.79 Å². The summed E-state index contributed by atoms with van der Waals surface area (Å²) in [4.78, 5) is 17.6. The molecule has 0 spiro atoms. The van der Waals surface area contributed by atoms with Gasteiger partial charge < -0.3 is 10.1 Å². The second-order valence-corrected chi connectivity index (χ2v) is 8.32. The minimum atomic E-state index is -0.358. The molecule has 1 aliphatic carbocycles. The Morgan fingerprint density at radius 3 is 2.61 bits per heavy atom. The van der Waals surface area contributed by atoms with E-state index in [0.29, 0.717) is 19.3 Å². The van der Waals surface area contributed by atoms with Gasteiger partial charge >= 0.3 is 0 Å². The van der Waals surface area contributed by atoms with Crippen LogP contribution in [-0.4, -0.2) is 30.1 Å². The highest BCUT2D eigenvalue weighted by Crippen LogP contribution is 2.36. The lowest BCUT2D eigenvalue weighted by molar-refractivity contribution is -0.137. The Hall–Kier alpha value is -2.20. The van der Waals surface area contributed by atoms with Crippen molar-refractivity contribution >= 4 is 5.91 Å². The number of carbonyl (C=O) groups excluding carboxylic acids is 1. The van der Waals surface area contributed by atoms with Gasteiger partial charge in [0.1, 0.15) is 0 Å². The molecule has 1 aliphatic heterocycles. The number of benzene rings is 1. The number of nitrogens with zero attached hydrogens (tertiary/aromatic N) is 1. The molecule has 1 saturated heterocycles. The van der Waals surface area contributed by atoms with E-state index in [1.807, 2.05) is 12.3 Å². The van der Waals surface area contributed by atoms with Crippen LogP contribution >= 0.6 is 0 Å². The van der Waals surface area contributed by atoms with Crippen molar-refractivity contribution in [2.75, 3.05) is 13.2 Å². The summed E-state index contributed by atoms with van der Waals surface area (Å²) in [6, 6.07) is 12.9. The Labute approximate surface area is 167 Å². The maximum Gasteiger partial charge on any atom is 0.226 e. The van der Waals surface area contributed by atoms with Gasteiger partial charge in [0.2, 0.25) is 5.91 Å². The highest BCUT2D eigenvalue weighted by Gasteiger charge is 2.40. The lowest BCUT2D eigenvalue weighted by Crippen LogP contribution is -2.49. The quantitative estimate of drug-likeness (QED) is 0.831. The molecule has 2 fully saturated rings. The molecule has 2 aliphatic rings. The van der Waals surface area contributed by atoms with Crippen LogP contribution in [0.4, 0.5) is 0 Å². The van der Waals surface area contributed by atoms with Crippen LogP contribution in [0.15, 0.2) is 48.8 Å². The highest BCUT2D eigenvalue weighted by atomic mass is 16.5. The number of carbonyl (C=O) groups is 1. The van der Waals surface area contributed by atoms with Crippen molar-refractivity contribution in [1.82, 2.24) is 10.3 Å². The molecule has 0 atom stereocenters. The van der Waals surface area contributed by atoms with Gasteiger partial charge in [0, 0.05) is 31.6 Å². The molecular weight excluding hydrogens is 348 g/mol. The lowest BCUT2D eigenvalue weighted by Gasteiger charge is -2.38. The third-order valence-corrected chi connectivity index (χ3v) is 6.34. The second-order valence-electron chi connectivity index (χ2n) is 8.32. The molecule has 0 bridgehead atoms. The summed E-state index contributed by atoms with van der Waals surface area (Å²) < 4.78 is 5.61. The topological polar surface area (TPSA) is 51.2 Å². The predicted octanol–water partition coefficient (Wildman–Crippen LogP) is 4.54. The molecule has 1 aromatic heterocycles. The van der Waals surface area contributed by atoms with Gasteiger partial charge in [-0.05, 0) is 54.9 Å². The van der Waals surface area contributed by atoms with E-state index in [-0.39, 0.29) is 11.3 Å². The zero-order chi connectivity index (χ0) is 19.2. The van der Waals surface area contributed by atoms with Gasteiger partial charge in [-0.3, -0.25) is 9.78 Å². The first-order chi connectivity index (χ1) is 13.8. The van der Waals surface area contributed by atoms with E-state index in [0.717, 1.165) is 43.2 Å². The fourth-order valence-corrected chi connectivity index (χ4v) is 4.62. The van der Waals surface area contributed by atoms with Crippen LogP contribution < -0.4 is 5.32 Å². The van der Waals surface area contributed by atoms with E-state index in [1.54, 1.807) is 6.20 Å². The Balaban J connectivity index is 1.54. The Morgan fingerprint density at radius 2 is 1.86 bits per heavy atom. The van der Waals surface area contributed by atoms with Crippen LogP contribution in [0.5, 0.6) is 0 Å². The minimum absolute atomic E-state index is 0.231. The molecule has 4 nitrogen and oxygen atoms in total. The third kappa shape index (κ3) is 4.44. The van der Waals surface area contributed by atoms with Crippen LogP contribution in [0.25, 0.3) is 11.1 Å². The number of ether oxygens (including phenoxy) is 1. The fraction of sp³-hybridized carbons (Fsp3) is 0.500. The van der Waals surface area contributed by atoms with Crippen molar-refractivity contribution in [3.05, 3.63) is 54.4 Å². The molecule has 2 heterocycles. The first-order valence-electron chi connectivity index (χ1n) is 10.6. The van der Waals surface area contributed by atoms with Gasteiger partial charge in [-0.15, -0.1) is 0 Å². The summed E-state index contributed by atoms with van der Waals surface area (Å²) >= 11 is 0. The zero-order valence-corrected chi connectivity index (χ0v) is 16.5. The van der Waals surface area contributed by atoms with Crippen molar-refractivity contribution in [2.45, 2.75) is 57.4 Å². The average Bonchev–Trinajstić information content (AvgIpc) is 2.76. The largest absolute Gasteiger partial charge is 0.381 e. The average molecular weight is 379 g/mol. The number of rotatable bonds is 5. The molecule has 28 heavy (non-hydrogen) atoms. The molecule has 1 N–H and O–H groups in total. The molecule has 148 valence electrons. The summed E-state index contributed by atoms with van der Waals surface area (Å²) in [6.45, 7) is 1.33. The van der Waals surface area contributed by atoms with Gasteiger partial charge in [0.25, 0.3) is 0 Å². The van der Waals surface area contributed by atoms with Crippen molar-refractivity contribution in [3.8, 4) is 11.1 Å². The summed E-state index contributed by atoms with van der Waals surface area (Å²) in [7, 11) is 0. The van der Waals surface area contributed by atoms with E-state index in [4.69, 9.17) is 4.74 Å². The normalized spacial score (nSPS) is 19.9. The van der Waals surface area contributed by atoms with Crippen molar-refractivity contribution in [2.24, 2.45) is 5.41 Å². The number of nitrogens with one attached hydrogen (secondary N) is 1. The fourth-order valence-electron chi connectivity index (χ4n) is 4.62. The molecule has 1 aromatic carbocycles. The standard InChI is InChI=1S/C24H30N2O2/c27-23(26-22-9-2-1-3-10-22)24(11-14-28-15-12-24)17-19-6-4-7-20(16-19)21-8-5-13-25-18-21/h4-8,13,16,18,22H,1-3,9-12,14-15,17H2,(H,26,27). The number of hydrogen-bond donors (Lipinski definition) is 1. The molecule has 2 aromatic rings. The van der Waals surface area contributed by atoms with Crippen molar-refractivity contribution in [1.29, 1.82) is 0 Å². The van der Waals surface area contributed by atoms with Crippen LogP contribution in [0, 0.1) is 5.41 Å². The summed E-state index contributed by atoms with van der Waals surface area (Å²) in [5.41, 5.74) is 3.11. The number of hydrogen-bond acceptors (Lipinski definition) is 3. The molecule has 4 heteroatoms. The van der Waals surface area contributed by atoms with Crippen molar-refractivity contribution in [3.63, 3.8) is 0 Å². The lowest BCUT2D eigenvalue weighted by atomic mass is 9.74.